The minimum Gasteiger partial charge on any atom is -0.481 e. The Morgan fingerprint density at radius 3 is 2.58 bits per heavy atom. The third kappa shape index (κ3) is 2.62. The van der Waals surface area contributed by atoms with Gasteiger partial charge in [0.1, 0.15) is 5.76 Å². The van der Waals surface area contributed by atoms with Crippen molar-refractivity contribution in [2.24, 2.45) is 11.8 Å². The molecule has 1 aromatic rings. The predicted octanol–water partition coefficient (Wildman–Crippen LogP) is 1.01. The molecule has 104 valence electrons. The van der Waals surface area contributed by atoms with Crippen molar-refractivity contribution in [2.75, 3.05) is 13.1 Å². The van der Waals surface area contributed by atoms with Crippen molar-refractivity contribution in [1.82, 2.24) is 10.1 Å². The average Bonchev–Trinajstić information content (AvgIpc) is 2.86. The number of carbonyl (C=O) groups is 2. The maximum absolute atomic E-state index is 12.2. The molecule has 6 heteroatoms. The molecule has 0 radical (unpaired) electrons. The maximum atomic E-state index is 12.2. The Morgan fingerprint density at radius 2 is 2.11 bits per heavy atom. The smallest absolute Gasteiger partial charge is 0.308 e. The second kappa shape index (κ2) is 5.03. The first-order valence-electron chi connectivity index (χ1n) is 6.32. The molecule has 1 aliphatic rings. The molecule has 1 aliphatic heterocycles. The van der Waals surface area contributed by atoms with E-state index in [9.17, 15) is 9.59 Å². The number of aromatic nitrogens is 1. The Labute approximate surface area is 111 Å². The summed E-state index contributed by atoms with van der Waals surface area (Å²) in [7, 11) is 0. The molecule has 6 nitrogen and oxygen atoms in total. The lowest BCUT2D eigenvalue weighted by atomic mass is 9.99. The van der Waals surface area contributed by atoms with Crippen LogP contribution in [0.2, 0.25) is 0 Å². The van der Waals surface area contributed by atoms with E-state index in [4.69, 9.17) is 9.63 Å². The molecule has 1 aromatic heterocycles. The molecule has 2 atom stereocenters. The van der Waals surface area contributed by atoms with Crippen molar-refractivity contribution in [3.05, 3.63) is 17.0 Å². The van der Waals surface area contributed by atoms with E-state index < -0.39 is 11.9 Å². The van der Waals surface area contributed by atoms with Crippen LogP contribution in [0.5, 0.6) is 0 Å². The van der Waals surface area contributed by atoms with Crippen LogP contribution >= 0.6 is 0 Å². The number of hydrogen-bond donors (Lipinski definition) is 1. The second-order valence-corrected chi connectivity index (χ2v) is 5.20. The van der Waals surface area contributed by atoms with Crippen LogP contribution in [0.1, 0.15) is 23.9 Å². The van der Waals surface area contributed by atoms with Crippen LogP contribution in [0.15, 0.2) is 4.52 Å². The molecule has 1 fully saturated rings. The standard InChI is InChI=1S/C13H18N2O4/c1-7-5-15(6-11(7)13(17)18)12(16)4-10-8(2)14-19-9(10)3/h7,11H,4-6H2,1-3H3,(H,17,18). The van der Waals surface area contributed by atoms with Crippen LogP contribution in [0.25, 0.3) is 0 Å². The molecule has 2 heterocycles. The summed E-state index contributed by atoms with van der Waals surface area (Å²) in [5.74, 6) is -0.724. The number of amides is 1. The van der Waals surface area contributed by atoms with Crippen molar-refractivity contribution in [1.29, 1.82) is 0 Å². The summed E-state index contributed by atoms with van der Waals surface area (Å²) < 4.78 is 5.02. The van der Waals surface area contributed by atoms with Crippen LogP contribution in [-0.4, -0.2) is 40.1 Å². The zero-order valence-electron chi connectivity index (χ0n) is 11.3. The van der Waals surface area contributed by atoms with E-state index in [0.717, 1.165) is 5.56 Å². The lowest BCUT2D eigenvalue weighted by molar-refractivity contribution is -0.142. The first-order valence-corrected chi connectivity index (χ1v) is 6.32. The molecule has 0 spiro atoms. The van der Waals surface area contributed by atoms with Gasteiger partial charge in [-0.15, -0.1) is 0 Å². The van der Waals surface area contributed by atoms with E-state index >= 15 is 0 Å². The Bertz CT molecular complexity index is 489. The van der Waals surface area contributed by atoms with Crippen LogP contribution in [0.4, 0.5) is 0 Å². The van der Waals surface area contributed by atoms with Gasteiger partial charge in [-0.1, -0.05) is 12.1 Å². The van der Waals surface area contributed by atoms with Crippen molar-refractivity contribution in [3.63, 3.8) is 0 Å². The monoisotopic (exact) mass is 266 g/mol. The van der Waals surface area contributed by atoms with Gasteiger partial charge in [-0.2, -0.15) is 0 Å². The number of nitrogens with zero attached hydrogens (tertiary/aromatic N) is 2. The average molecular weight is 266 g/mol. The fourth-order valence-electron chi connectivity index (χ4n) is 2.51. The van der Waals surface area contributed by atoms with Gasteiger partial charge >= 0.3 is 5.97 Å². The molecule has 1 amide bonds. The summed E-state index contributed by atoms with van der Waals surface area (Å²) in [5.41, 5.74) is 1.52. The molecule has 0 saturated carbocycles. The number of aryl methyl sites for hydroxylation is 2. The van der Waals surface area contributed by atoms with Gasteiger partial charge in [0.15, 0.2) is 0 Å². The van der Waals surface area contributed by atoms with Crippen LogP contribution in [-0.2, 0) is 16.0 Å². The van der Waals surface area contributed by atoms with Crippen molar-refractivity contribution in [3.8, 4) is 0 Å². The molecule has 2 rings (SSSR count). The quantitative estimate of drug-likeness (QED) is 0.882. The molecule has 2 unspecified atom stereocenters. The fraction of sp³-hybridized carbons (Fsp3) is 0.615. The van der Waals surface area contributed by atoms with E-state index in [-0.39, 0.29) is 18.2 Å². The fourth-order valence-corrected chi connectivity index (χ4v) is 2.51. The number of aliphatic carboxylic acids is 1. The van der Waals surface area contributed by atoms with E-state index in [1.807, 2.05) is 6.92 Å². The summed E-state index contributed by atoms with van der Waals surface area (Å²) in [6, 6.07) is 0. The zero-order chi connectivity index (χ0) is 14.2. The Kier molecular flexibility index (Phi) is 3.59. The Balaban J connectivity index is 2.04. The highest BCUT2D eigenvalue weighted by molar-refractivity contribution is 5.81. The molecular formula is C13H18N2O4. The maximum Gasteiger partial charge on any atom is 0.308 e. The van der Waals surface area contributed by atoms with Gasteiger partial charge in [0.25, 0.3) is 0 Å². The van der Waals surface area contributed by atoms with Crippen molar-refractivity contribution in [2.45, 2.75) is 27.2 Å². The van der Waals surface area contributed by atoms with Crippen LogP contribution < -0.4 is 0 Å². The van der Waals surface area contributed by atoms with Gasteiger partial charge in [0.2, 0.25) is 5.91 Å². The highest BCUT2D eigenvalue weighted by Crippen LogP contribution is 2.24. The van der Waals surface area contributed by atoms with Crippen molar-refractivity contribution >= 4 is 11.9 Å². The summed E-state index contributed by atoms with van der Waals surface area (Å²) >= 11 is 0. The number of likely N-dealkylation sites (tertiary alicyclic amines) is 1. The lowest BCUT2D eigenvalue weighted by Gasteiger charge is -2.15. The summed E-state index contributed by atoms with van der Waals surface area (Å²) in [6.07, 6.45) is 0.222. The largest absolute Gasteiger partial charge is 0.481 e. The lowest BCUT2D eigenvalue weighted by Crippen LogP contribution is -2.31. The third-order valence-corrected chi connectivity index (χ3v) is 3.79. The summed E-state index contributed by atoms with van der Waals surface area (Å²) in [4.78, 5) is 24.9. The number of hydrogen-bond acceptors (Lipinski definition) is 4. The second-order valence-electron chi connectivity index (χ2n) is 5.20. The van der Waals surface area contributed by atoms with Gasteiger partial charge in [0, 0.05) is 18.7 Å². The normalized spacial score (nSPS) is 22.8. The molecule has 1 N–H and O–H groups in total. The zero-order valence-corrected chi connectivity index (χ0v) is 11.3. The van der Waals surface area contributed by atoms with E-state index in [1.54, 1.807) is 18.7 Å². The minimum absolute atomic E-state index is 0.00822. The molecule has 0 aliphatic carbocycles. The first kappa shape index (κ1) is 13.6. The van der Waals surface area contributed by atoms with Crippen LogP contribution in [0.3, 0.4) is 0 Å². The third-order valence-electron chi connectivity index (χ3n) is 3.79. The van der Waals surface area contributed by atoms with Gasteiger partial charge in [-0.3, -0.25) is 9.59 Å². The number of carboxylic acid groups (broad SMARTS) is 1. The minimum atomic E-state index is -0.833. The molecule has 0 aromatic carbocycles. The van der Waals surface area contributed by atoms with E-state index in [0.29, 0.717) is 24.5 Å². The highest BCUT2D eigenvalue weighted by Gasteiger charge is 2.37. The number of carboxylic acids is 1. The molecule has 0 bridgehead atoms. The first-order chi connectivity index (χ1) is 8.90. The van der Waals surface area contributed by atoms with Gasteiger partial charge in [0.05, 0.1) is 18.0 Å². The molecule has 1 saturated heterocycles. The number of rotatable bonds is 3. The van der Waals surface area contributed by atoms with Crippen molar-refractivity contribution < 1.29 is 19.2 Å². The van der Waals surface area contributed by atoms with Crippen LogP contribution in [0, 0.1) is 25.7 Å². The summed E-state index contributed by atoms with van der Waals surface area (Å²) in [5, 5.41) is 12.9. The number of carbonyl (C=O) groups excluding carboxylic acids is 1. The highest BCUT2D eigenvalue weighted by atomic mass is 16.5. The Morgan fingerprint density at radius 1 is 1.42 bits per heavy atom. The Hall–Kier alpha value is -1.85. The molecular weight excluding hydrogens is 248 g/mol. The van der Waals surface area contributed by atoms with Gasteiger partial charge in [-0.05, 0) is 19.8 Å². The topological polar surface area (TPSA) is 83.6 Å². The van der Waals surface area contributed by atoms with E-state index in [2.05, 4.69) is 5.16 Å². The SMILES string of the molecule is Cc1noc(C)c1CC(=O)N1CC(C)C(C(=O)O)C1. The summed E-state index contributed by atoms with van der Waals surface area (Å²) in [6.45, 7) is 6.22. The van der Waals surface area contributed by atoms with Gasteiger partial charge in [-0.25, -0.2) is 0 Å². The predicted molar refractivity (Wildman–Crippen MR) is 66.6 cm³/mol. The molecule has 19 heavy (non-hydrogen) atoms. The van der Waals surface area contributed by atoms with Gasteiger partial charge < -0.3 is 14.5 Å². The van der Waals surface area contributed by atoms with E-state index in [1.165, 1.54) is 0 Å².